The fraction of sp³-hybridized carbons (Fsp3) is 0.448. The molecule has 1 aromatic carbocycles. The molecule has 13 heteroatoms. The van der Waals surface area contributed by atoms with Crippen LogP contribution in [0.1, 0.15) is 39.2 Å². The van der Waals surface area contributed by atoms with Crippen LogP contribution in [0.2, 0.25) is 5.15 Å². The number of aromatic nitrogens is 3. The predicted octanol–water partition coefficient (Wildman–Crippen LogP) is 2.49. The molecular weight excluding hydrogens is 560 g/mol. The molecule has 3 aromatic rings. The van der Waals surface area contributed by atoms with Gasteiger partial charge < -0.3 is 26.0 Å². The van der Waals surface area contributed by atoms with E-state index < -0.39 is 35.4 Å². The number of nitrogens with one attached hydrogen (secondary N) is 5. The number of benzene rings is 1. The molecule has 224 valence electrons. The summed E-state index contributed by atoms with van der Waals surface area (Å²) in [5, 5.41) is 15.6. The normalized spacial score (nSPS) is 16.5. The van der Waals surface area contributed by atoms with Crippen LogP contribution in [0.3, 0.4) is 0 Å². The van der Waals surface area contributed by atoms with Gasteiger partial charge in [0, 0.05) is 17.6 Å². The number of imide groups is 1. The van der Waals surface area contributed by atoms with Crippen molar-refractivity contribution in [3.8, 4) is 5.75 Å². The molecule has 1 fully saturated rings. The zero-order valence-corrected chi connectivity index (χ0v) is 25.1. The van der Waals surface area contributed by atoms with Crippen molar-refractivity contribution >= 4 is 51.7 Å². The lowest BCUT2D eigenvalue weighted by atomic mass is 9.77. The van der Waals surface area contributed by atoms with E-state index >= 15 is 0 Å². The number of ether oxygens (including phenoxy) is 1. The van der Waals surface area contributed by atoms with Gasteiger partial charge in [0.25, 0.3) is 0 Å². The second-order valence-corrected chi connectivity index (χ2v) is 11.3. The highest BCUT2D eigenvalue weighted by Gasteiger charge is 2.39. The SMILES string of the molecule is CN[C@@H](C)C(=O)N[C@H](C(=O)NC(=O)[C@@H]1CCCN1)C(C)(C)Cc1cc2c(Nc3cccnc3Cl)ncnc2cc1OC. The van der Waals surface area contributed by atoms with Gasteiger partial charge in [0.2, 0.25) is 17.7 Å². The van der Waals surface area contributed by atoms with Crippen molar-refractivity contribution < 1.29 is 19.1 Å². The summed E-state index contributed by atoms with van der Waals surface area (Å²) in [5.74, 6) is -0.279. The van der Waals surface area contributed by atoms with E-state index in [1.807, 2.05) is 19.9 Å². The Bertz CT molecular complexity index is 1460. The minimum atomic E-state index is -1.04. The number of pyridine rings is 1. The van der Waals surface area contributed by atoms with E-state index in [4.69, 9.17) is 16.3 Å². The Labute approximate surface area is 249 Å². The molecule has 0 radical (unpaired) electrons. The Morgan fingerprint density at radius 1 is 1.19 bits per heavy atom. The first-order valence-corrected chi connectivity index (χ1v) is 14.2. The molecule has 0 unspecified atom stereocenters. The van der Waals surface area contributed by atoms with Crippen molar-refractivity contribution in [3.05, 3.63) is 47.5 Å². The fourth-order valence-electron chi connectivity index (χ4n) is 4.96. The Kier molecular flexibility index (Phi) is 9.92. The lowest BCUT2D eigenvalue weighted by Gasteiger charge is -2.35. The lowest BCUT2D eigenvalue weighted by molar-refractivity contribution is -0.137. The van der Waals surface area contributed by atoms with Gasteiger partial charge in [-0.3, -0.25) is 19.7 Å². The second-order valence-electron chi connectivity index (χ2n) is 11.0. The minimum absolute atomic E-state index is 0.293. The number of anilines is 2. The molecule has 0 bridgehead atoms. The first kappa shape index (κ1) is 31.1. The Morgan fingerprint density at radius 3 is 2.64 bits per heavy atom. The van der Waals surface area contributed by atoms with E-state index in [9.17, 15) is 14.4 Å². The topological polar surface area (TPSA) is 159 Å². The maximum absolute atomic E-state index is 13.6. The Balaban J connectivity index is 1.68. The van der Waals surface area contributed by atoms with Crippen LogP contribution in [0.4, 0.5) is 11.5 Å². The largest absolute Gasteiger partial charge is 0.496 e. The number of nitrogens with zero attached hydrogens (tertiary/aromatic N) is 3. The van der Waals surface area contributed by atoms with Gasteiger partial charge in [-0.05, 0) is 69.0 Å². The summed E-state index contributed by atoms with van der Waals surface area (Å²) in [4.78, 5) is 52.3. The van der Waals surface area contributed by atoms with Crippen LogP contribution in [0.15, 0.2) is 36.8 Å². The number of likely N-dealkylation sites (N-methyl/N-ethyl adjacent to an activating group) is 1. The molecule has 0 spiro atoms. The molecule has 0 saturated carbocycles. The predicted molar refractivity (Wildman–Crippen MR) is 161 cm³/mol. The average molecular weight is 597 g/mol. The lowest BCUT2D eigenvalue weighted by Crippen LogP contribution is -2.59. The van der Waals surface area contributed by atoms with Crippen LogP contribution in [0.5, 0.6) is 5.75 Å². The van der Waals surface area contributed by atoms with Crippen LogP contribution >= 0.6 is 11.6 Å². The summed E-state index contributed by atoms with van der Waals surface area (Å²) in [7, 11) is 3.22. The molecule has 1 aliphatic rings. The first-order valence-electron chi connectivity index (χ1n) is 13.8. The standard InChI is InChI=1S/C29H37ClN8O4/c1-16(31-4)26(39)37-23(28(41)38-27(40)20-9-7-10-32-20)29(2,3)14-17-12-18-21(13-22(17)42-5)34-15-35-25(18)36-19-8-6-11-33-24(19)30/h6,8,11-13,15-16,20,23,31-32H,7,9-10,14H2,1-5H3,(H,37,39)(H,34,35,36)(H,38,40,41)/t16-,20-,23+/m0/s1. The zero-order valence-electron chi connectivity index (χ0n) is 24.4. The van der Waals surface area contributed by atoms with E-state index in [-0.39, 0.29) is 5.91 Å². The summed E-state index contributed by atoms with van der Waals surface area (Å²) in [6, 6.07) is 5.21. The third-order valence-electron chi connectivity index (χ3n) is 7.48. The molecule has 3 heterocycles. The maximum Gasteiger partial charge on any atom is 0.249 e. The smallest absolute Gasteiger partial charge is 0.249 e. The number of carbonyl (C=O) groups is 3. The highest BCUT2D eigenvalue weighted by Crippen LogP contribution is 2.36. The number of hydrogen-bond donors (Lipinski definition) is 5. The number of amides is 3. The quantitative estimate of drug-likeness (QED) is 0.208. The van der Waals surface area contributed by atoms with Gasteiger partial charge in [-0.2, -0.15) is 0 Å². The van der Waals surface area contributed by atoms with Crippen molar-refractivity contribution in [3.63, 3.8) is 0 Å². The molecular formula is C29H37ClN8O4. The highest BCUT2D eigenvalue weighted by molar-refractivity contribution is 6.32. The summed E-state index contributed by atoms with van der Waals surface area (Å²) in [6.07, 6.45) is 4.83. The van der Waals surface area contributed by atoms with Crippen molar-refractivity contribution in [1.82, 2.24) is 36.2 Å². The Hall–Kier alpha value is -3.87. The van der Waals surface area contributed by atoms with Crippen molar-refractivity contribution in [1.29, 1.82) is 0 Å². The maximum atomic E-state index is 13.6. The molecule has 4 rings (SSSR count). The molecule has 1 saturated heterocycles. The molecule has 0 aliphatic carbocycles. The van der Waals surface area contributed by atoms with Gasteiger partial charge in [-0.1, -0.05) is 25.4 Å². The van der Waals surface area contributed by atoms with Crippen molar-refractivity contribution in [2.45, 2.75) is 58.2 Å². The van der Waals surface area contributed by atoms with Gasteiger partial charge >= 0.3 is 0 Å². The molecule has 12 nitrogen and oxygen atoms in total. The summed E-state index contributed by atoms with van der Waals surface area (Å²) in [6.45, 7) is 6.13. The van der Waals surface area contributed by atoms with E-state index in [0.29, 0.717) is 52.7 Å². The van der Waals surface area contributed by atoms with Crippen molar-refractivity contribution in [2.24, 2.45) is 5.41 Å². The molecule has 3 atom stereocenters. The van der Waals surface area contributed by atoms with E-state index in [1.54, 1.807) is 45.5 Å². The van der Waals surface area contributed by atoms with Gasteiger partial charge in [0.05, 0.1) is 30.4 Å². The van der Waals surface area contributed by atoms with Crippen LogP contribution in [0, 0.1) is 5.41 Å². The number of carbonyl (C=O) groups excluding carboxylic acids is 3. The van der Waals surface area contributed by atoms with Gasteiger partial charge in [-0.15, -0.1) is 0 Å². The number of halogens is 1. The Morgan fingerprint density at radius 2 is 1.98 bits per heavy atom. The van der Waals surface area contributed by atoms with Gasteiger partial charge in [0.1, 0.15) is 23.9 Å². The summed E-state index contributed by atoms with van der Waals surface area (Å²) in [5.41, 5.74) is 1.10. The number of methoxy groups -OCH3 is 1. The van der Waals surface area contributed by atoms with Gasteiger partial charge in [0.15, 0.2) is 5.15 Å². The van der Waals surface area contributed by atoms with E-state index in [2.05, 4.69) is 41.5 Å². The molecule has 1 aliphatic heterocycles. The van der Waals surface area contributed by atoms with E-state index in [1.165, 1.54) is 6.33 Å². The number of rotatable bonds is 11. The van der Waals surface area contributed by atoms with Crippen LogP contribution < -0.4 is 31.3 Å². The molecule has 42 heavy (non-hydrogen) atoms. The molecule has 3 amide bonds. The van der Waals surface area contributed by atoms with Crippen LogP contribution in [-0.4, -0.2) is 71.5 Å². The monoisotopic (exact) mass is 596 g/mol. The zero-order chi connectivity index (χ0) is 30.4. The minimum Gasteiger partial charge on any atom is -0.496 e. The summed E-state index contributed by atoms with van der Waals surface area (Å²) >= 11 is 6.27. The molecule has 5 N–H and O–H groups in total. The highest BCUT2D eigenvalue weighted by atomic mass is 35.5. The third kappa shape index (κ3) is 7.12. The second kappa shape index (κ2) is 13.4. The number of fused-ring (bicyclic) bond motifs is 1. The number of hydrogen-bond acceptors (Lipinski definition) is 10. The van der Waals surface area contributed by atoms with E-state index in [0.717, 1.165) is 12.0 Å². The average Bonchev–Trinajstić information content (AvgIpc) is 3.51. The summed E-state index contributed by atoms with van der Waals surface area (Å²) < 4.78 is 5.71. The van der Waals surface area contributed by atoms with Gasteiger partial charge in [-0.25, -0.2) is 15.0 Å². The van der Waals surface area contributed by atoms with Crippen molar-refractivity contribution in [2.75, 3.05) is 26.0 Å². The van der Waals surface area contributed by atoms with Crippen LogP contribution in [-0.2, 0) is 20.8 Å². The molecule has 2 aromatic heterocycles. The third-order valence-corrected chi connectivity index (χ3v) is 7.78. The fourth-order valence-corrected chi connectivity index (χ4v) is 5.13. The van der Waals surface area contributed by atoms with Crippen LogP contribution in [0.25, 0.3) is 10.9 Å². The first-order chi connectivity index (χ1) is 20.0.